The lowest BCUT2D eigenvalue weighted by Gasteiger charge is -2.15. The lowest BCUT2D eigenvalue weighted by Crippen LogP contribution is -2.05. The molecule has 0 heterocycles. The molecule has 138 valence electrons. The van der Waals surface area contributed by atoms with E-state index in [0.717, 1.165) is 27.0 Å². The second kappa shape index (κ2) is 8.73. The Labute approximate surface area is 166 Å². The Morgan fingerprint density at radius 3 is 2.52 bits per heavy atom. The Balaban J connectivity index is 1.70. The molecule has 0 aliphatic heterocycles. The predicted octanol–water partition coefficient (Wildman–Crippen LogP) is 5.65. The summed E-state index contributed by atoms with van der Waals surface area (Å²) in [6, 6.07) is 20.8. The van der Waals surface area contributed by atoms with Crippen molar-refractivity contribution in [2.75, 3.05) is 5.32 Å². The third-order valence-electron chi connectivity index (χ3n) is 4.23. The summed E-state index contributed by atoms with van der Waals surface area (Å²) in [4.78, 5) is 10.9. The monoisotopic (exact) mass is 425 g/mol. The van der Waals surface area contributed by atoms with Crippen molar-refractivity contribution in [3.63, 3.8) is 0 Å². The molecular formula is C22H20BrNO3. The summed E-state index contributed by atoms with van der Waals surface area (Å²) in [5.41, 5.74) is 4.50. The summed E-state index contributed by atoms with van der Waals surface area (Å²) >= 11 is 3.52. The molecule has 3 aromatic carbocycles. The van der Waals surface area contributed by atoms with Crippen molar-refractivity contribution in [3.8, 4) is 5.75 Å². The van der Waals surface area contributed by atoms with E-state index in [1.165, 1.54) is 5.56 Å². The van der Waals surface area contributed by atoms with Crippen LogP contribution in [0.5, 0.6) is 5.75 Å². The maximum absolute atomic E-state index is 10.9. The van der Waals surface area contributed by atoms with Gasteiger partial charge in [-0.3, -0.25) is 0 Å². The Hall–Kier alpha value is -2.79. The standard InChI is InChI=1S/C22H20BrNO3/c1-15-4-2-3-5-20(15)24-13-18-12-19(23)10-11-21(18)27-14-16-6-8-17(9-7-16)22(25)26/h2-12,24H,13-14H2,1H3,(H,25,26). The molecule has 0 aliphatic carbocycles. The number of halogens is 1. The van der Waals surface area contributed by atoms with Crippen molar-refractivity contribution in [1.29, 1.82) is 0 Å². The van der Waals surface area contributed by atoms with Gasteiger partial charge in [0, 0.05) is 22.3 Å². The largest absolute Gasteiger partial charge is 0.489 e. The van der Waals surface area contributed by atoms with E-state index in [4.69, 9.17) is 9.84 Å². The van der Waals surface area contributed by atoms with Crippen molar-refractivity contribution in [2.24, 2.45) is 0 Å². The quantitative estimate of drug-likeness (QED) is 0.513. The first kappa shape index (κ1) is 19.0. The van der Waals surface area contributed by atoms with Crippen molar-refractivity contribution in [1.82, 2.24) is 0 Å². The highest BCUT2D eigenvalue weighted by Crippen LogP contribution is 2.26. The van der Waals surface area contributed by atoms with Crippen LogP contribution >= 0.6 is 15.9 Å². The minimum Gasteiger partial charge on any atom is -0.489 e. The van der Waals surface area contributed by atoms with E-state index in [-0.39, 0.29) is 5.56 Å². The molecule has 0 unspecified atom stereocenters. The fourth-order valence-corrected chi connectivity index (χ4v) is 3.10. The van der Waals surface area contributed by atoms with Gasteiger partial charge >= 0.3 is 5.97 Å². The molecule has 0 atom stereocenters. The molecule has 0 aliphatic rings. The molecule has 3 aromatic rings. The number of benzene rings is 3. The molecule has 27 heavy (non-hydrogen) atoms. The SMILES string of the molecule is Cc1ccccc1NCc1cc(Br)ccc1OCc1ccc(C(=O)O)cc1. The van der Waals surface area contributed by atoms with Gasteiger partial charge in [0.15, 0.2) is 0 Å². The first-order chi connectivity index (χ1) is 13.0. The van der Waals surface area contributed by atoms with Crippen LogP contribution in [0.25, 0.3) is 0 Å². The summed E-state index contributed by atoms with van der Waals surface area (Å²) in [6.45, 7) is 3.08. The summed E-state index contributed by atoms with van der Waals surface area (Å²) in [6.07, 6.45) is 0. The number of carboxylic acid groups (broad SMARTS) is 1. The number of carboxylic acids is 1. The molecule has 0 spiro atoms. The maximum Gasteiger partial charge on any atom is 0.335 e. The van der Waals surface area contributed by atoms with Gasteiger partial charge in [0.1, 0.15) is 12.4 Å². The third-order valence-corrected chi connectivity index (χ3v) is 4.73. The van der Waals surface area contributed by atoms with Crippen LogP contribution in [0.4, 0.5) is 5.69 Å². The smallest absolute Gasteiger partial charge is 0.335 e. The Morgan fingerprint density at radius 2 is 1.81 bits per heavy atom. The molecule has 0 radical (unpaired) electrons. The highest BCUT2D eigenvalue weighted by atomic mass is 79.9. The van der Waals surface area contributed by atoms with Crippen molar-refractivity contribution in [2.45, 2.75) is 20.1 Å². The third kappa shape index (κ3) is 5.11. The van der Waals surface area contributed by atoms with Crippen molar-refractivity contribution >= 4 is 27.6 Å². The number of para-hydroxylation sites is 1. The molecule has 0 bridgehead atoms. The summed E-state index contributed by atoms with van der Waals surface area (Å²) < 4.78 is 6.98. The number of ether oxygens (including phenoxy) is 1. The zero-order valence-electron chi connectivity index (χ0n) is 14.9. The average Bonchev–Trinajstić information content (AvgIpc) is 2.67. The van der Waals surface area contributed by atoms with E-state index >= 15 is 0 Å². The van der Waals surface area contributed by atoms with E-state index in [1.54, 1.807) is 24.3 Å². The Kier molecular flexibility index (Phi) is 6.14. The van der Waals surface area contributed by atoms with Crippen LogP contribution in [0.1, 0.15) is 27.0 Å². The average molecular weight is 426 g/mol. The van der Waals surface area contributed by atoms with Crippen LogP contribution < -0.4 is 10.1 Å². The molecule has 0 amide bonds. The van der Waals surface area contributed by atoms with Gasteiger partial charge in [0.2, 0.25) is 0 Å². The number of hydrogen-bond acceptors (Lipinski definition) is 3. The normalized spacial score (nSPS) is 10.4. The fourth-order valence-electron chi connectivity index (χ4n) is 2.69. The number of aromatic carboxylic acids is 1. The van der Waals surface area contributed by atoms with Crippen LogP contribution in [0.15, 0.2) is 71.2 Å². The van der Waals surface area contributed by atoms with Crippen LogP contribution in [0.2, 0.25) is 0 Å². The number of aryl methyl sites for hydroxylation is 1. The fraction of sp³-hybridized carbons (Fsp3) is 0.136. The van der Waals surface area contributed by atoms with Gasteiger partial charge in [-0.2, -0.15) is 0 Å². The summed E-state index contributed by atoms with van der Waals surface area (Å²) in [7, 11) is 0. The van der Waals surface area contributed by atoms with E-state index in [0.29, 0.717) is 13.2 Å². The second-order valence-electron chi connectivity index (χ2n) is 6.21. The predicted molar refractivity (Wildman–Crippen MR) is 110 cm³/mol. The van der Waals surface area contributed by atoms with E-state index in [2.05, 4.69) is 40.3 Å². The molecule has 3 rings (SSSR count). The van der Waals surface area contributed by atoms with E-state index < -0.39 is 5.97 Å². The number of carbonyl (C=O) groups is 1. The van der Waals surface area contributed by atoms with Crippen molar-refractivity contribution < 1.29 is 14.6 Å². The topological polar surface area (TPSA) is 58.6 Å². The lowest BCUT2D eigenvalue weighted by atomic mass is 10.1. The van der Waals surface area contributed by atoms with Crippen LogP contribution in [-0.4, -0.2) is 11.1 Å². The molecular weight excluding hydrogens is 406 g/mol. The number of hydrogen-bond donors (Lipinski definition) is 2. The van der Waals surface area contributed by atoms with Gasteiger partial charge in [-0.1, -0.05) is 46.3 Å². The van der Waals surface area contributed by atoms with Crippen LogP contribution in [0, 0.1) is 6.92 Å². The minimum absolute atomic E-state index is 0.269. The number of anilines is 1. The van der Waals surface area contributed by atoms with E-state index in [9.17, 15) is 4.79 Å². The first-order valence-electron chi connectivity index (χ1n) is 8.56. The molecule has 0 saturated heterocycles. The highest BCUT2D eigenvalue weighted by Gasteiger charge is 2.07. The molecule has 0 saturated carbocycles. The Morgan fingerprint density at radius 1 is 1.07 bits per heavy atom. The first-order valence-corrected chi connectivity index (χ1v) is 9.35. The number of rotatable bonds is 7. The minimum atomic E-state index is -0.931. The van der Waals surface area contributed by atoms with Crippen LogP contribution in [-0.2, 0) is 13.2 Å². The van der Waals surface area contributed by atoms with Crippen LogP contribution in [0.3, 0.4) is 0 Å². The summed E-state index contributed by atoms with van der Waals surface area (Å²) in [5.74, 6) is -0.137. The zero-order chi connectivity index (χ0) is 19.2. The molecule has 0 aromatic heterocycles. The van der Waals surface area contributed by atoms with Gasteiger partial charge in [-0.25, -0.2) is 4.79 Å². The van der Waals surface area contributed by atoms with Gasteiger partial charge in [0.25, 0.3) is 0 Å². The number of nitrogens with one attached hydrogen (secondary N) is 1. The molecule has 5 heteroatoms. The Bertz CT molecular complexity index is 939. The summed E-state index contributed by atoms with van der Waals surface area (Å²) in [5, 5.41) is 12.4. The van der Waals surface area contributed by atoms with Gasteiger partial charge in [-0.05, 0) is 54.4 Å². The molecule has 0 fully saturated rings. The van der Waals surface area contributed by atoms with Gasteiger partial charge in [-0.15, -0.1) is 0 Å². The van der Waals surface area contributed by atoms with E-state index in [1.807, 2.05) is 30.3 Å². The van der Waals surface area contributed by atoms with Crippen molar-refractivity contribution in [3.05, 3.63) is 93.5 Å². The zero-order valence-corrected chi connectivity index (χ0v) is 16.5. The highest BCUT2D eigenvalue weighted by molar-refractivity contribution is 9.10. The molecule has 4 nitrogen and oxygen atoms in total. The lowest BCUT2D eigenvalue weighted by molar-refractivity contribution is 0.0697. The molecule has 2 N–H and O–H groups in total. The second-order valence-corrected chi connectivity index (χ2v) is 7.13. The van der Waals surface area contributed by atoms with Gasteiger partial charge < -0.3 is 15.2 Å². The van der Waals surface area contributed by atoms with Gasteiger partial charge in [0.05, 0.1) is 5.56 Å². The maximum atomic E-state index is 10.9.